The van der Waals surface area contributed by atoms with E-state index >= 15 is 0 Å². The fraction of sp³-hybridized carbons (Fsp3) is 0.725. The van der Waals surface area contributed by atoms with E-state index in [0.717, 1.165) is 76.0 Å². The van der Waals surface area contributed by atoms with Crippen LogP contribution in [-0.4, -0.2) is 58.9 Å². The molecule has 0 radical (unpaired) electrons. The Balaban J connectivity index is 1.28. The van der Waals surface area contributed by atoms with Crippen LogP contribution in [0, 0.1) is 33.5 Å². The minimum absolute atomic E-state index is 0.0267. The molecule has 9 nitrogen and oxygen atoms in total. The first-order valence-electron chi connectivity index (χ1n) is 19.0. The molecule has 0 amide bonds. The topological polar surface area (TPSA) is 119 Å². The lowest BCUT2D eigenvalue weighted by atomic mass is 9.69. The SMILES string of the molecule is CC(C)(C)OC(=O)n1cc(C[C@@](C)(C#N)C(=O)O[C@@H]2C[C@H]3CC[C@]2(CS(=O)(=O)N(C2CCCCC2)C2CCCCC2)C3(C)C)c2ccccc21. The molecule has 2 aromatic rings. The van der Waals surface area contributed by atoms with Crippen LogP contribution in [-0.2, 0) is 30.7 Å². The number of hydrogen-bond donors (Lipinski definition) is 0. The van der Waals surface area contributed by atoms with Crippen molar-refractivity contribution in [3.8, 4) is 6.07 Å². The Morgan fingerprint density at radius 3 is 2.12 bits per heavy atom. The largest absolute Gasteiger partial charge is 0.461 e. The monoisotopic (exact) mass is 707 g/mol. The maximum absolute atomic E-state index is 14.8. The van der Waals surface area contributed by atoms with Gasteiger partial charge in [-0.2, -0.15) is 9.57 Å². The molecule has 4 aliphatic carbocycles. The molecular weight excluding hydrogens is 651 g/mol. The highest BCUT2D eigenvalue weighted by atomic mass is 32.2. The molecule has 1 aromatic carbocycles. The Morgan fingerprint density at radius 1 is 0.960 bits per heavy atom. The summed E-state index contributed by atoms with van der Waals surface area (Å²) in [5, 5.41) is 11.3. The van der Waals surface area contributed by atoms with Crippen molar-refractivity contribution in [3.05, 3.63) is 36.0 Å². The fourth-order valence-electron chi connectivity index (χ4n) is 9.98. The molecule has 6 rings (SSSR count). The van der Waals surface area contributed by atoms with Gasteiger partial charge in [0.25, 0.3) is 0 Å². The van der Waals surface area contributed by atoms with Crippen LogP contribution in [0.15, 0.2) is 30.5 Å². The van der Waals surface area contributed by atoms with Crippen molar-refractivity contribution in [3.63, 3.8) is 0 Å². The lowest BCUT2D eigenvalue weighted by Gasteiger charge is -2.46. The molecular formula is C40H57N3O6S. The fourth-order valence-corrected chi connectivity index (χ4v) is 12.8. The number of nitrogens with zero attached hydrogens (tertiary/aromatic N) is 3. The Kier molecular flexibility index (Phi) is 10.0. The van der Waals surface area contributed by atoms with E-state index in [0.29, 0.717) is 23.9 Å². The van der Waals surface area contributed by atoms with Gasteiger partial charge < -0.3 is 9.47 Å². The zero-order valence-electron chi connectivity index (χ0n) is 31.0. The van der Waals surface area contributed by atoms with Gasteiger partial charge in [0.1, 0.15) is 11.7 Å². The number of sulfonamides is 1. The van der Waals surface area contributed by atoms with Crippen molar-refractivity contribution in [2.24, 2.45) is 22.2 Å². The predicted molar refractivity (Wildman–Crippen MR) is 194 cm³/mol. The quantitative estimate of drug-likeness (QED) is 0.240. The molecule has 0 N–H and O–H groups in total. The second-order valence-corrected chi connectivity index (χ2v) is 19.4. The Morgan fingerprint density at radius 2 is 1.56 bits per heavy atom. The van der Waals surface area contributed by atoms with E-state index in [-0.39, 0.29) is 35.6 Å². The van der Waals surface area contributed by atoms with E-state index in [4.69, 9.17) is 9.47 Å². The van der Waals surface area contributed by atoms with Crippen molar-refractivity contribution in [2.75, 3.05) is 5.75 Å². The van der Waals surface area contributed by atoms with Crippen LogP contribution in [0.2, 0.25) is 0 Å². The summed E-state index contributed by atoms with van der Waals surface area (Å²) >= 11 is 0. The first kappa shape index (κ1) is 36.9. The summed E-state index contributed by atoms with van der Waals surface area (Å²) in [6.07, 6.45) is 12.9. The number of hydrogen-bond acceptors (Lipinski definition) is 7. The summed E-state index contributed by atoms with van der Waals surface area (Å²) in [6.45, 7) is 11.3. The van der Waals surface area contributed by atoms with Gasteiger partial charge in [-0.1, -0.05) is 70.6 Å². The summed E-state index contributed by atoms with van der Waals surface area (Å²) in [7, 11) is -3.69. The summed E-state index contributed by atoms with van der Waals surface area (Å²) < 4.78 is 45.1. The molecule has 50 heavy (non-hydrogen) atoms. The van der Waals surface area contributed by atoms with E-state index in [2.05, 4.69) is 19.9 Å². The molecule has 0 spiro atoms. The molecule has 274 valence electrons. The standard InChI is InChI=1S/C40H57N3O6S/c1-37(2,3)49-36(45)42-25-28(32-19-13-14-20-33(32)42)24-39(6,26-41)35(44)48-34-23-29-21-22-40(34,38(29,4)5)27-50(46,47)43(30-15-9-7-10-16-30)31-17-11-8-12-18-31/h13-14,19-20,25,29-31,34H,7-12,15-18,21-24,27H2,1-6H3/t29-,34-,39+,40-/m1/s1. The molecule has 1 heterocycles. The Bertz CT molecular complexity index is 1720. The van der Waals surface area contributed by atoms with Crippen LogP contribution in [0.5, 0.6) is 0 Å². The van der Waals surface area contributed by atoms with Crippen LogP contribution in [0.3, 0.4) is 0 Å². The smallest absolute Gasteiger partial charge is 0.419 e. The molecule has 2 bridgehead atoms. The Labute approximate surface area is 299 Å². The molecule has 0 aliphatic heterocycles. The third-order valence-electron chi connectivity index (χ3n) is 12.9. The van der Waals surface area contributed by atoms with Crippen molar-refractivity contribution >= 4 is 33.0 Å². The summed E-state index contributed by atoms with van der Waals surface area (Å²) in [5.41, 5.74) is -2.06. The average Bonchev–Trinajstić information content (AvgIpc) is 3.61. The molecule has 0 unspecified atom stereocenters. The van der Waals surface area contributed by atoms with E-state index < -0.39 is 44.6 Å². The molecule has 4 atom stereocenters. The molecule has 0 saturated heterocycles. The zero-order valence-corrected chi connectivity index (χ0v) is 31.8. The highest BCUT2D eigenvalue weighted by Gasteiger charge is 2.67. The molecule has 10 heteroatoms. The lowest BCUT2D eigenvalue weighted by molar-refractivity contribution is -0.165. The third kappa shape index (κ3) is 6.74. The first-order chi connectivity index (χ1) is 23.5. The van der Waals surface area contributed by atoms with Gasteiger partial charge in [0, 0.05) is 35.5 Å². The van der Waals surface area contributed by atoms with E-state index in [9.17, 15) is 23.3 Å². The number of nitriles is 1. The summed E-state index contributed by atoms with van der Waals surface area (Å²) in [4.78, 5) is 27.4. The number of carbonyl (C=O) groups excluding carboxylic acids is 2. The molecule has 4 aliphatic rings. The number of rotatable bonds is 9. The second-order valence-electron chi connectivity index (χ2n) is 17.6. The van der Waals surface area contributed by atoms with Gasteiger partial charge in [-0.25, -0.2) is 13.2 Å². The van der Waals surface area contributed by atoms with E-state index in [1.165, 1.54) is 4.57 Å². The molecule has 4 saturated carbocycles. The predicted octanol–water partition coefficient (Wildman–Crippen LogP) is 8.53. The summed E-state index contributed by atoms with van der Waals surface area (Å²) in [5.74, 6) is -0.440. The van der Waals surface area contributed by atoms with E-state index in [1.54, 1.807) is 33.9 Å². The van der Waals surface area contributed by atoms with Crippen molar-refractivity contribution in [1.29, 1.82) is 5.26 Å². The molecule has 4 fully saturated rings. The highest BCUT2D eigenvalue weighted by molar-refractivity contribution is 7.89. The zero-order chi connectivity index (χ0) is 36.1. The van der Waals surface area contributed by atoms with Crippen molar-refractivity contribution < 1.29 is 27.5 Å². The number of fused-ring (bicyclic) bond motifs is 3. The average molecular weight is 708 g/mol. The van der Waals surface area contributed by atoms with Crippen LogP contribution < -0.4 is 0 Å². The summed E-state index contributed by atoms with van der Waals surface area (Å²) in [6, 6.07) is 9.71. The van der Waals surface area contributed by atoms with Gasteiger partial charge in [-0.3, -0.25) is 9.36 Å². The maximum Gasteiger partial charge on any atom is 0.419 e. The van der Waals surface area contributed by atoms with Gasteiger partial charge in [-0.15, -0.1) is 0 Å². The van der Waals surface area contributed by atoms with Crippen LogP contribution in [0.1, 0.15) is 131 Å². The van der Waals surface area contributed by atoms with Gasteiger partial charge >= 0.3 is 12.1 Å². The van der Waals surface area contributed by atoms with Gasteiger partial charge in [0.2, 0.25) is 10.0 Å². The number of aromatic nitrogens is 1. The van der Waals surface area contributed by atoms with Crippen LogP contribution in [0.4, 0.5) is 4.79 Å². The van der Waals surface area contributed by atoms with Crippen molar-refractivity contribution in [2.45, 2.75) is 155 Å². The second kappa shape index (κ2) is 13.6. The third-order valence-corrected chi connectivity index (χ3v) is 15.0. The number of esters is 1. The molecule has 1 aromatic heterocycles. The van der Waals surface area contributed by atoms with Gasteiger partial charge in [0.15, 0.2) is 5.41 Å². The minimum atomic E-state index is -3.69. The Hall–Kier alpha value is -2.90. The number of para-hydroxylation sites is 1. The normalized spacial score (nSPS) is 27.2. The van der Waals surface area contributed by atoms with Crippen molar-refractivity contribution in [1.82, 2.24) is 8.87 Å². The maximum atomic E-state index is 14.8. The van der Waals surface area contributed by atoms with Crippen LogP contribution in [0.25, 0.3) is 10.9 Å². The van der Waals surface area contributed by atoms with Gasteiger partial charge in [-0.05, 0) is 95.6 Å². The lowest BCUT2D eigenvalue weighted by Crippen LogP contribution is -2.55. The minimum Gasteiger partial charge on any atom is -0.461 e. The van der Waals surface area contributed by atoms with Gasteiger partial charge in [0.05, 0.1) is 17.3 Å². The van der Waals surface area contributed by atoms with E-state index in [1.807, 2.05) is 28.6 Å². The number of carbonyl (C=O) groups is 2. The first-order valence-corrected chi connectivity index (χ1v) is 20.6. The number of ether oxygens (including phenoxy) is 2. The van der Waals surface area contributed by atoms with Crippen LogP contribution >= 0.6 is 0 Å². The highest BCUT2D eigenvalue weighted by Crippen LogP contribution is 2.67. The number of benzene rings is 1.